The van der Waals surface area contributed by atoms with Crippen LogP contribution in [-0.2, 0) is 0 Å². The Kier molecular flexibility index (Phi) is 12.7. The Morgan fingerprint density at radius 2 is 1.56 bits per heavy atom. The maximum absolute atomic E-state index is 3.07. The third kappa shape index (κ3) is 8.12. The molecule has 0 aromatic carbocycles. The number of allylic oxidation sites excluding steroid dienone is 6. The highest BCUT2D eigenvalue weighted by atomic mass is 14.0. The highest BCUT2D eigenvalue weighted by Gasteiger charge is 1.98. The third-order valence-corrected chi connectivity index (χ3v) is 1.76. The second-order valence-electron chi connectivity index (χ2n) is 3.10. The first kappa shape index (κ1) is 17.2. The molecule has 0 aromatic heterocycles. The van der Waals surface area contributed by atoms with E-state index in [1.54, 1.807) is 0 Å². The molecule has 0 radical (unpaired) electrons. The van der Waals surface area contributed by atoms with E-state index in [1.807, 2.05) is 34.6 Å². The second kappa shape index (κ2) is 11.9. The van der Waals surface area contributed by atoms with Gasteiger partial charge in [0, 0.05) is 5.57 Å². The van der Waals surface area contributed by atoms with Gasteiger partial charge in [-0.1, -0.05) is 64.3 Å². The van der Waals surface area contributed by atoms with Gasteiger partial charge in [-0.25, -0.2) is 0 Å². The molecule has 0 nitrogen and oxygen atoms in total. The van der Waals surface area contributed by atoms with Crippen molar-refractivity contribution in [1.82, 2.24) is 0 Å². The van der Waals surface area contributed by atoms with E-state index in [-0.39, 0.29) is 0 Å². The van der Waals surface area contributed by atoms with Crippen molar-refractivity contribution >= 4 is 0 Å². The van der Waals surface area contributed by atoms with Crippen LogP contribution in [-0.4, -0.2) is 0 Å². The van der Waals surface area contributed by atoms with Crippen molar-refractivity contribution in [1.29, 1.82) is 0 Å². The maximum Gasteiger partial charge on any atom is 0.0211 e. The smallest absolute Gasteiger partial charge is 0.0211 e. The molecule has 0 heteroatoms. The fraction of sp³-hybridized carbons (Fsp3) is 0.500. The minimum Gasteiger partial charge on any atom is -0.101 e. The van der Waals surface area contributed by atoms with E-state index in [2.05, 4.69) is 50.0 Å². The molecular formula is C16H26. The van der Waals surface area contributed by atoms with Crippen molar-refractivity contribution in [2.24, 2.45) is 5.92 Å². The summed E-state index contributed by atoms with van der Waals surface area (Å²) in [6, 6.07) is 0. The van der Waals surface area contributed by atoms with Crippen LogP contribution in [0.1, 0.15) is 48.5 Å². The lowest BCUT2D eigenvalue weighted by Crippen LogP contribution is -1.83. The molecule has 0 N–H and O–H groups in total. The first-order chi connectivity index (χ1) is 7.72. The van der Waals surface area contributed by atoms with Crippen molar-refractivity contribution in [2.75, 3.05) is 0 Å². The molecule has 90 valence electrons. The van der Waals surface area contributed by atoms with E-state index < -0.39 is 0 Å². The topological polar surface area (TPSA) is 0 Å². The Balaban J connectivity index is 0. The average molecular weight is 218 g/mol. The molecular weight excluding hydrogens is 192 g/mol. The van der Waals surface area contributed by atoms with Gasteiger partial charge in [0.25, 0.3) is 0 Å². The summed E-state index contributed by atoms with van der Waals surface area (Å²) < 4.78 is 0. The largest absolute Gasteiger partial charge is 0.101 e. The van der Waals surface area contributed by atoms with Gasteiger partial charge in [0.1, 0.15) is 0 Å². The molecule has 0 saturated carbocycles. The van der Waals surface area contributed by atoms with Crippen molar-refractivity contribution in [3.63, 3.8) is 0 Å². The average Bonchev–Trinajstić information content (AvgIpc) is 2.46. The summed E-state index contributed by atoms with van der Waals surface area (Å²) in [7, 11) is 0. The molecule has 0 spiro atoms. The van der Waals surface area contributed by atoms with Crippen LogP contribution >= 0.6 is 0 Å². The van der Waals surface area contributed by atoms with Gasteiger partial charge < -0.3 is 0 Å². The molecule has 0 amide bonds. The van der Waals surface area contributed by atoms with Gasteiger partial charge in [-0.2, -0.15) is 0 Å². The molecule has 0 saturated heterocycles. The summed E-state index contributed by atoms with van der Waals surface area (Å²) in [5, 5.41) is 0. The van der Waals surface area contributed by atoms with Gasteiger partial charge in [-0.05, 0) is 25.8 Å². The lowest BCUT2D eigenvalue weighted by atomic mass is 10.1. The van der Waals surface area contributed by atoms with Crippen LogP contribution in [0, 0.1) is 17.8 Å². The molecule has 1 unspecified atom stereocenters. The van der Waals surface area contributed by atoms with Crippen molar-refractivity contribution in [2.45, 2.75) is 48.5 Å². The monoisotopic (exact) mass is 218 g/mol. The first-order valence-corrected chi connectivity index (χ1v) is 6.23. The Hall–Kier alpha value is -1.22. The van der Waals surface area contributed by atoms with E-state index in [0.29, 0.717) is 5.92 Å². The van der Waals surface area contributed by atoms with Crippen LogP contribution < -0.4 is 0 Å². The fourth-order valence-corrected chi connectivity index (χ4v) is 1.31. The Morgan fingerprint density at radius 3 is 2.06 bits per heavy atom. The minimum atomic E-state index is 0.496. The molecule has 1 rings (SSSR count). The number of hydrogen-bond acceptors (Lipinski definition) is 0. The van der Waals surface area contributed by atoms with Gasteiger partial charge >= 0.3 is 0 Å². The first-order valence-electron chi connectivity index (χ1n) is 6.23. The predicted molar refractivity (Wildman–Crippen MR) is 76.3 cm³/mol. The minimum absolute atomic E-state index is 0.496. The van der Waals surface area contributed by atoms with Crippen LogP contribution in [0.2, 0.25) is 0 Å². The fourth-order valence-electron chi connectivity index (χ4n) is 1.31. The quantitative estimate of drug-likeness (QED) is 0.494. The van der Waals surface area contributed by atoms with E-state index in [9.17, 15) is 0 Å². The molecule has 1 aliphatic carbocycles. The summed E-state index contributed by atoms with van der Waals surface area (Å²) in [6.07, 6.45) is 8.61. The summed E-state index contributed by atoms with van der Waals surface area (Å²) in [4.78, 5) is 0. The number of hydrogen-bond donors (Lipinski definition) is 0. The molecule has 16 heavy (non-hydrogen) atoms. The normalized spacial score (nSPS) is 17.1. The Morgan fingerprint density at radius 1 is 1.00 bits per heavy atom. The zero-order valence-corrected chi connectivity index (χ0v) is 11.9. The predicted octanol–water partition coefficient (Wildman–Crippen LogP) is 5.14. The van der Waals surface area contributed by atoms with Crippen molar-refractivity contribution in [3.8, 4) is 11.8 Å². The molecule has 1 aliphatic rings. The van der Waals surface area contributed by atoms with Crippen LogP contribution in [0.25, 0.3) is 0 Å². The Bertz CT molecular complexity index is 303. The van der Waals surface area contributed by atoms with Gasteiger partial charge in [-0.3, -0.25) is 0 Å². The van der Waals surface area contributed by atoms with Gasteiger partial charge in [-0.15, -0.1) is 5.92 Å². The van der Waals surface area contributed by atoms with Crippen LogP contribution in [0.15, 0.2) is 35.5 Å². The van der Waals surface area contributed by atoms with E-state index in [0.717, 1.165) is 5.57 Å². The molecule has 1 atom stereocenters. The van der Waals surface area contributed by atoms with E-state index in [4.69, 9.17) is 0 Å². The molecule has 0 aliphatic heterocycles. The lowest BCUT2D eigenvalue weighted by Gasteiger charge is -1.96. The maximum atomic E-state index is 3.07. The highest BCUT2D eigenvalue weighted by molar-refractivity contribution is 5.43. The van der Waals surface area contributed by atoms with Gasteiger partial charge in [0.05, 0.1) is 0 Å². The molecule has 0 aromatic rings. The van der Waals surface area contributed by atoms with Crippen molar-refractivity contribution < 1.29 is 0 Å². The number of rotatable bonds is 0. The summed E-state index contributed by atoms with van der Waals surface area (Å²) in [6.45, 7) is 14.2. The van der Waals surface area contributed by atoms with Crippen LogP contribution in [0.4, 0.5) is 0 Å². The van der Waals surface area contributed by atoms with E-state index >= 15 is 0 Å². The van der Waals surface area contributed by atoms with Gasteiger partial charge in [0.15, 0.2) is 0 Å². The summed E-state index contributed by atoms with van der Waals surface area (Å²) in [5.41, 5.74) is 2.43. The Labute approximate surface area is 102 Å². The standard InChI is InChI=1S/C12H14.2C2H6/c1-4-5-12-7-6-10(2)8-11(3)9-12;2*1-2/h6-9,11H,1-3H3;2*1-2H3. The van der Waals surface area contributed by atoms with Crippen LogP contribution in [0.5, 0.6) is 0 Å². The summed E-state index contributed by atoms with van der Waals surface area (Å²) >= 11 is 0. The SMILES string of the molecule is CC.CC.CC#CC1=CC(C)C=C(C)C=C1. The lowest BCUT2D eigenvalue weighted by molar-refractivity contribution is 0.930. The van der Waals surface area contributed by atoms with E-state index in [1.165, 1.54) is 5.57 Å². The molecule has 0 bridgehead atoms. The zero-order chi connectivity index (χ0) is 13.0. The third-order valence-electron chi connectivity index (χ3n) is 1.76. The summed E-state index contributed by atoms with van der Waals surface area (Å²) in [5.74, 6) is 6.47. The molecule has 0 fully saturated rings. The molecule has 0 heterocycles. The van der Waals surface area contributed by atoms with Gasteiger partial charge in [0.2, 0.25) is 0 Å². The van der Waals surface area contributed by atoms with Crippen molar-refractivity contribution in [3.05, 3.63) is 35.5 Å². The van der Waals surface area contributed by atoms with Crippen LogP contribution in [0.3, 0.4) is 0 Å². The second-order valence-corrected chi connectivity index (χ2v) is 3.10. The zero-order valence-electron chi connectivity index (χ0n) is 11.9. The highest BCUT2D eigenvalue weighted by Crippen LogP contribution is 2.14.